The lowest BCUT2D eigenvalue weighted by Crippen LogP contribution is -2.24. The first kappa shape index (κ1) is 12.0. The van der Waals surface area contributed by atoms with E-state index < -0.39 is 0 Å². The van der Waals surface area contributed by atoms with Gasteiger partial charge in [-0.2, -0.15) is 5.26 Å². The van der Waals surface area contributed by atoms with E-state index >= 15 is 0 Å². The van der Waals surface area contributed by atoms with Crippen LogP contribution in [0.5, 0.6) is 0 Å². The van der Waals surface area contributed by atoms with Crippen LogP contribution < -0.4 is 0 Å². The second-order valence-corrected chi connectivity index (χ2v) is 5.06. The molecule has 1 aromatic carbocycles. The first-order valence-electron chi connectivity index (χ1n) is 5.77. The van der Waals surface area contributed by atoms with Gasteiger partial charge >= 0.3 is 0 Å². The number of hydrogen-bond acceptors (Lipinski definition) is 4. The standard InChI is InChI=1S/C13H15N3S/c1-2-8-16(9-7-14)10-13-15-11-5-3-4-6-12(11)17-13/h3-6H,2,8-10H2,1H3. The van der Waals surface area contributed by atoms with Gasteiger partial charge in [0.05, 0.1) is 29.4 Å². The van der Waals surface area contributed by atoms with Crippen LogP contribution in [0, 0.1) is 11.3 Å². The Morgan fingerprint density at radius 2 is 2.24 bits per heavy atom. The van der Waals surface area contributed by atoms with Gasteiger partial charge in [0.15, 0.2) is 0 Å². The number of nitrogens with zero attached hydrogens (tertiary/aromatic N) is 3. The van der Waals surface area contributed by atoms with Crippen LogP contribution in [0.15, 0.2) is 24.3 Å². The van der Waals surface area contributed by atoms with Gasteiger partial charge in [-0.3, -0.25) is 4.90 Å². The second-order valence-electron chi connectivity index (χ2n) is 3.94. The van der Waals surface area contributed by atoms with Crippen molar-refractivity contribution < 1.29 is 0 Å². The fourth-order valence-electron chi connectivity index (χ4n) is 1.81. The van der Waals surface area contributed by atoms with Gasteiger partial charge < -0.3 is 0 Å². The van der Waals surface area contributed by atoms with Crippen molar-refractivity contribution in [3.63, 3.8) is 0 Å². The molecule has 3 nitrogen and oxygen atoms in total. The Bertz CT molecular complexity index is 494. The molecule has 1 aromatic heterocycles. The average molecular weight is 245 g/mol. The summed E-state index contributed by atoms with van der Waals surface area (Å²) in [5.41, 5.74) is 1.06. The topological polar surface area (TPSA) is 39.9 Å². The Morgan fingerprint density at radius 1 is 1.41 bits per heavy atom. The van der Waals surface area contributed by atoms with Crippen molar-refractivity contribution in [1.82, 2.24) is 9.88 Å². The van der Waals surface area contributed by atoms with E-state index in [1.165, 1.54) is 4.70 Å². The maximum atomic E-state index is 8.77. The molecule has 0 N–H and O–H groups in total. The third kappa shape index (κ3) is 3.02. The van der Waals surface area contributed by atoms with Gasteiger partial charge in [-0.05, 0) is 25.1 Å². The Hall–Kier alpha value is -1.44. The fourth-order valence-corrected chi connectivity index (χ4v) is 2.82. The lowest BCUT2D eigenvalue weighted by atomic mass is 10.3. The van der Waals surface area contributed by atoms with Crippen LogP contribution in [0.4, 0.5) is 0 Å². The van der Waals surface area contributed by atoms with Crippen molar-refractivity contribution in [3.05, 3.63) is 29.3 Å². The molecule has 0 bridgehead atoms. The molecule has 17 heavy (non-hydrogen) atoms. The molecule has 0 radical (unpaired) electrons. The average Bonchev–Trinajstić information content (AvgIpc) is 2.71. The van der Waals surface area contributed by atoms with Crippen LogP contribution >= 0.6 is 11.3 Å². The number of nitriles is 1. The first-order chi connectivity index (χ1) is 8.33. The minimum absolute atomic E-state index is 0.476. The Kier molecular flexibility index (Phi) is 4.08. The SMILES string of the molecule is CCCN(CC#N)Cc1nc2ccccc2s1. The van der Waals surface area contributed by atoms with E-state index in [-0.39, 0.29) is 0 Å². The highest BCUT2D eigenvalue weighted by Gasteiger charge is 2.08. The Morgan fingerprint density at radius 3 is 2.94 bits per heavy atom. The van der Waals surface area contributed by atoms with Crippen LogP contribution in [0.1, 0.15) is 18.4 Å². The third-order valence-corrected chi connectivity index (χ3v) is 3.55. The van der Waals surface area contributed by atoms with E-state index in [0.717, 1.165) is 30.0 Å². The first-order valence-corrected chi connectivity index (χ1v) is 6.59. The minimum Gasteiger partial charge on any atom is -0.284 e. The highest BCUT2D eigenvalue weighted by atomic mass is 32.1. The summed E-state index contributed by atoms with van der Waals surface area (Å²) in [7, 11) is 0. The highest BCUT2D eigenvalue weighted by molar-refractivity contribution is 7.18. The fraction of sp³-hybridized carbons (Fsp3) is 0.385. The van der Waals surface area contributed by atoms with Crippen molar-refractivity contribution in [2.45, 2.75) is 19.9 Å². The normalized spacial score (nSPS) is 10.9. The quantitative estimate of drug-likeness (QED) is 0.760. The number of aromatic nitrogens is 1. The molecule has 0 saturated heterocycles. The van der Waals surface area contributed by atoms with Crippen LogP contribution in [0.3, 0.4) is 0 Å². The molecular weight excluding hydrogens is 230 g/mol. The van der Waals surface area contributed by atoms with Gasteiger partial charge in [-0.25, -0.2) is 4.98 Å². The van der Waals surface area contributed by atoms with Gasteiger partial charge in [0, 0.05) is 0 Å². The van der Waals surface area contributed by atoms with E-state index in [2.05, 4.69) is 28.9 Å². The van der Waals surface area contributed by atoms with Crippen molar-refractivity contribution in [2.24, 2.45) is 0 Å². The molecule has 0 atom stereocenters. The van der Waals surface area contributed by atoms with Gasteiger partial charge in [-0.15, -0.1) is 11.3 Å². The summed E-state index contributed by atoms with van der Waals surface area (Å²) >= 11 is 1.72. The summed E-state index contributed by atoms with van der Waals surface area (Å²) in [5.74, 6) is 0. The summed E-state index contributed by atoms with van der Waals surface area (Å²) < 4.78 is 1.22. The van der Waals surface area contributed by atoms with E-state index in [1.54, 1.807) is 11.3 Å². The predicted molar refractivity (Wildman–Crippen MR) is 70.8 cm³/mol. The predicted octanol–water partition coefficient (Wildman–Crippen LogP) is 3.03. The van der Waals surface area contributed by atoms with E-state index in [9.17, 15) is 0 Å². The molecule has 0 amide bonds. The Balaban J connectivity index is 2.13. The van der Waals surface area contributed by atoms with E-state index in [4.69, 9.17) is 5.26 Å². The zero-order valence-electron chi connectivity index (χ0n) is 9.89. The van der Waals surface area contributed by atoms with Gasteiger partial charge in [0.2, 0.25) is 0 Å². The zero-order chi connectivity index (χ0) is 12.1. The number of rotatable bonds is 5. The van der Waals surface area contributed by atoms with Crippen molar-refractivity contribution >= 4 is 21.6 Å². The Labute approximate surface area is 105 Å². The third-order valence-electron chi connectivity index (χ3n) is 2.53. The lowest BCUT2D eigenvalue weighted by molar-refractivity contribution is 0.298. The van der Waals surface area contributed by atoms with Crippen LogP contribution in [0.25, 0.3) is 10.2 Å². The summed E-state index contributed by atoms with van der Waals surface area (Å²) in [6, 6.07) is 10.4. The number of fused-ring (bicyclic) bond motifs is 1. The zero-order valence-corrected chi connectivity index (χ0v) is 10.7. The largest absolute Gasteiger partial charge is 0.284 e. The van der Waals surface area contributed by atoms with Gasteiger partial charge in [0.25, 0.3) is 0 Å². The minimum atomic E-state index is 0.476. The molecule has 0 unspecified atom stereocenters. The van der Waals surface area contributed by atoms with Crippen LogP contribution in [-0.2, 0) is 6.54 Å². The molecular formula is C13H15N3S. The molecule has 0 saturated carbocycles. The monoisotopic (exact) mass is 245 g/mol. The van der Waals surface area contributed by atoms with Crippen molar-refractivity contribution in [1.29, 1.82) is 5.26 Å². The molecule has 4 heteroatoms. The number of para-hydroxylation sites is 1. The summed E-state index contributed by atoms with van der Waals surface area (Å²) in [6.45, 7) is 4.33. The maximum Gasteiger partial charge on any atom is 0.108 e. The smallest absolute Gasteiger partial charge is 0.108 e. The highest BCUT2D eigenvalue weighted by Crippen LogP contribution is 2.22. The molecule has 2 rings (SSSR count). The summed E-state index contributed by atoms with van der Waals surface area (Å²) in [6.07, 6.45) is 1.06. The molecule has 2 aromatic rings. The molecule has 1 heterocycles. The van der Waals surface area contributed by atoms with Gasteiger partial charge in [0.1, 0.15) is 5.01 Å². The maximum absolute atomic E-state index is 8.77. The lowest BCUT2D eigenvalue weighted by Gasteiger charge is -2.15. The number of hydrogen-bond donors (Lipinski definition) is 0. The van der Waals surface area contributed by atoms with Crippen LogP contribution in [-0.4, -0.2) is 23.0 Å². The molecule has 0 fully saturated rings. The van der Waals surface area contributed by atoms with Crippen molar-refractivity contribution in [3.8, 4) is 6.07 Å². The van der Waals surface area contributed by atoms with Crippen LogP contribution in [0.2, 0.25) is 0 Å². The number of thiazole rings is 1. The summed E-state index contributed by atoms with van der Waals surface area (Å²) in [4.78, 5) is 6.72. The molecule has 0 aliphatic heterocycles. The summed E-state index contributed by atoms with van der Waals surface area (Å²) in [5, 5.41) is 9.86. The van der Waals surface area contributed by atoms with Gasteiger partial charge in [-0.1, -0.05) is 19.1 Å². The molecule has 0 aliphatic carbocycles. The molecule has 88 valence electrons. The molecule has 0 spiro atoms. The second kappa shape index (κ2) is 5.76. The van der Waals surface area contributed by atoms with Crippen molar-refractivity contribution in [2.75, 3.05) is 13.1 Å². The van der Waals surface area contributed by atoms with E-state index in [0.29, 0.717) is 6.54 Å². The number of benzene rings is 1. The van der Waals surface area contributed by atoms with E-state index in [1.807, 2.05) is 18.2 Å². The molecule has 0 aliphatic rings.